The highest BCUT2D eigenvalue weighted by Gasteiger charge is 2.25. The minimum Gasteiger partial charge on any atom is -0.504 e. The molecule has 1 fully saturated rings. The topological polar surface area (TPSA) is 61.4 Å². The number of phenols is 1. The first-order valence-electron chi connectivity index (χ1n) is 9.76. The SMILES string of the molecule is CCOc1cccc(CN2CCCC(c3[nH]ncc3CC(C)C)C2)c1O. The minimum atomic E-state index is 0.276. The van der Waals surface area contributed by atoms with Gasteiger partial charge in [-0.15, -0.1) is 0 Å². The second kappa shape index (κ2) is 8.58. The third-order valence-electron chi connectivity index (χ3n) is 5.07. The molecule has 1 unspecified atom stereocenters. The second-order valence-corrected chi connectivity index (χ2v) is 7.68. The first-order chi connectivity index (χ1) is 12.6. The van der Waals surface area contributed by atoms with Crippen LogP contribution in [0, 0.1) is 5.92 Å². The molecule has 0 spiro atoms. The van der Waals surface area contributed by atoms with Crippen molar-refractivity contribution in [3.63, 3.8) is 0 Å². The van der Waals surface area contributed by atoms with Gasteiger partial charge in [0.2, 0.25) is 0 Å². The number of rotatable bonds is 7. The standard InChI is InChI=1S/C21H31N3O2/c1-4-26-19-9-5-7-17(21(19)25)14-24-10-6-8-16(13-24)20-18(11-15(2)3)12-22-23-20/h5,7,9,12,15-16,25H,4,6,8,10-11,13-14H2,1-3H3,(H,22,23). The predicted molar refractivity (Wildman–Crippen MR) is 104 cm³/mol. The van der Waals surface area contributed by atoms with E-state index in [2.05, 4.69) is 28.9 Å². The number of para-hydroxylation sites is 1. The number of nitrogens with zero attached hydrogens (tertiary/aromatic N) is 2. The van der Waals surface area contributed by atoms with Crippen molar-refractivity contribution in [2.45, 2.75) is 52.5 Å². The summed E-state index contributed by atoms with van der Waals surface area (Å²) in [6.45, 7) is 9.78. The van der Waals surface area contributed by atoms with Gasteiger partial charge in [-0.05, 0) is 50.3 Å². The van der Waals surface area contributed by atoms with Crippen molar-refractivity contribution in [1.29, 1.82) is 0 Å². The second-order valence-electron chi connectivity index (χ2n) is 7.68. The molecule has 5 nitrogen and oxygen atoms in total. The van der Waals surface area contributed by atoms with Gasteiger partial charge in [-0.25, -0.2) is 0 Å². The van der Waals surface area contributed by atoms with E-state index in [1.807, 2.05) is 31.3 Å². The van der Waals surface area contributed by atoms with E-state index in [0.29, 0.717) is 24.2 Å². The van der Waals surface area contributed by atoms with Crippen LogP contribution in [0.5, 0.6) is 11.5 Å². The molecule has 0 radical (unpaired) electrons. The van der Waals surface area contributed by atoms with Gasteiger partial charge in [0, 0.05) is 30.3 Å². The molecule has 0 amide bonds. The Morgan fingerprint density at radius 3 is 2.96 bits per heavy atom. The predicted octanol–water partition coefficient (Wildman–Crippen LogP) is 4.09. The van der Waals surface area contributed by atoms with Crippen LogP contribution in [0.3, 0.4) is 0 Å². The summed E-state index contributed by atoms with van der Waals surface area (Å²) in [5, 5.41) is 18.0. The summed E-state index contributed by atoms with van der Waals surface area (Å²) in [6.07, 6.45) is 5.41. The largest absolute Gasteiger partial charge is 0.504 e. The van der Waals surface area contributed by atoms with Crippen LogP contribution in [-0.2, 0) is 13.0 Å². The van der Waals surface area contributed by atoms with E-state index in [-0.39, 0.29) is 5.75 Å². The summed E-state index contributed by atoms with van der Waals surface area (Å²) < 4.78 is 5.52. The zero-order chi connectivity index (χ0) is 18.5. The highest BCUT2D eigenvalue weighted by Crippen LogP contribution is 2.33. The van der Waals surface area contributed by atoms with Crippen LogP contribution >= 0.6 is 0 Å². The summed E-state index contributed by atoms with van der Waals surface area (Å²) in [6, 6.07) is 5.77. The van der Waals surface area contributed by atoms with Crippen molar-refractivity contribution in [3.8, 4) is 11.5 Å². The van der Waals surface area contributed by atoms with E-state index in [1.54, 1.807) is 0 Å². The zero-order valence-corrected chi connectivity index (χ0v) is 16.2. The Bertz CT molecular complexity index is 711. The van der Waals surface area contributed by atoms with Gasteiger partial charge in [0.05, 0.1) is 12.8 Å². The number of ether oxygens (including phenoxy) is 1. The van der Waals surface area contributed by atoms with Crippen LogP contribution in [0.4, 0.5) is 0 Å². The highest BCUT2D eigenvalue weighted by atomic mass is 16.5. The fourth-order valence-corrected chi connectivity index (χ4v) is 3.92. The van der Waals surface area contributed by atoms with Crippen LogP contribution in [0.1, 0.15) is 56.4 Å². The Balaban J connectivity index is 1.70. The monoisotopic (exact) mass is 357 g/mol. The van der Waals surface area contributed by atoms with Crippen LogP contribution < -0.4 is 4.74 Å². The maximum atomic E-state index is 10.5. The Morgan fingerprint density at radius 2 is 2.19 bits per heavy atom. The number of aromatic nitrogens is 2. The zero-order valence-electron chi connectivity index (χ0n) is 16.2. The van der Waals surface area contributed by atoms with Gasteiger partial charge in [-0.2, -0.15) is 5.10 Å². The number of piperidine rings is 1. The summed E-state index contributed by atoms with van der Waals surface area (Å²) in [5.41, 5.74) is 3.59. The van der Waals surface area contributed by atoms with E-state index in [4.69, 9.17) is 4.74 Å². The molecule has 1 aromatic carbocycles. The van der Waals surface area contributed by atoms with E-state index in [0.717, 1.165) is 38.0 Å². The molecular formula is C21H31N3O2. The Morgan fingerprint density at radius 1 is 1.35 bits per heavy atom. The van der Waals surface area contributed by atoms with Gasteiger partial charge in [0.25, 0.3) is 0 Å². The molecule has 2 N–H and O–H groups in total. The molecule has 2 heterocycles. The summed E-state index contributed by atoms with van der Waals surface area (Å²) in [4.78, 5) is 2.43. The molecule has 5 heteroatoms. The minimum absolute atomic E-state index is 0.276. The molecule has 26 heavy (non-hydrogen) atoms. The van der Waals surface area contributed by atoms with Crippen molar-refractivity contribution >= 4 is 0 Å². The summed E-state index contributed by atoms with van der Waals surface area (Å²) >= 11 is 0. The van der Waals surface area contributed by atoms with Gasteiger partial charge in [-0.3, -0.25) is 10.00 Å². The molecule has 0 aliphatic carbocycles. The van der Waals surface area contributed by atoms with Crippen molar-refractivity contribution < 1.29 is 9.84 Å². The number of hydrogen-bond acceptors (Lipinski definition) is 4. The summed E-state index contributed by atoms with van der Waals surface area (Å²) in [5.74, 6) is 1.96. The molecule has 3 rings (SSSR count). The van der Waals surface area contributed by atoms with E-state index < -0.39 is 0 Å². The molecule has 142 valence electrons. The normalized spacial score (nSPS) is 18.4. The van der Waals surface area contributed by atoms with Gasteiger partial charge in [-0.1, -0.05) is 26.0 Å². The number of H-pyrrole nitrogens is 1. The lowest BCUT2D eigenvalue weighted by Crippen LogP contribution is -2.34. The van der Waals surface area contributed by atoms with E-state index >= 15 is 0 Å². The average Bonchev–Trinajstić information content (AvgIpc) is 3.06. The van der Waals surface area contributed by atoms with Gasteiger partial charge < -0.3 is 9.84 Å². The molecule has 1 aliphatic heterocycles. The molecule has 1 atom stereocenters. The number of hydrogen-bond donors (Lipinski definition) is 2. The third-order valence-corrected chi connectivity index (χ3v) is 5.07. The molecule has 0 saturated carbocycles. The maximum Gasteiger partial charge on any atom is 0.162 e. The Kier molecular flexibility index (Phi) is 6.20. The fraction of sp³-hybridized carbons (Fsp3) is 0.571. The van der Waals surface area contributed by atoms with E-state index in [1.165, 1.54) is 17.7 Å². The fourth-order valence-electron chi connectivity index (χ4n) is 3.92. The number of phenolic OH excluding ortho intramolecular Hbond substituents is 1. The maximum absolute atomic E-state index is 10.5. The van der Waals surface area contributed by atoms with Gasteiger partial charge in [0.15, 0.2) is 11.5 Å². The summed E-state index contributed by atoms with van der Waals surface area (Å²) in [7, 11) is 0. The number of aromatic amines is 1. The molecule has 1 aliphatic rings. The first-order valence-corrected chi connectivity index (χ1v) is 9.76. The number of benzene rings is 1. The van der Waals surface area contributed by atoms with Gasteiger partial charge in [0.1, 0.15) is 0 Å². The smallest absolute Gasteiger partial charge is 0.162 e. The average molecular weight is 357 g/mol. The molecule has 1 saturated heterocycles. The number of aromatic hydroxyl groups is 1. The molecule has 2 aromatic rings. The van der Waals surface area contributed by atoms with Crippen LogP contribution in [0.25, 0.3) is 0 Å². The van der Waals surface area contributed by atoms with Crippen molar-refractivity contribution in [1.82, 2.24) is 15.1 Å². The molecule has 1 aromatic heterocycles. The number of likely N-dealkylation sites (tertiary alicyclic amines) is 1. The van der Waals surface area contributed by atoms with Crippen molar-refractivity contribution in [2.24, 2.45) is 5.92 Å². The van der Waals surface area contributed by atoms with Crippen molar-refractivity contribution in [2.75, 3.05) is 19.7 Å². The Labute approximate surface area is 156 Å². The van der Waals surface area contributed by atoms with Crippen LogP contribution in [-0.4, -0.2) is 39.9 Å². The lowest BCUT2D eigenvalue weighted by Gasteiger charge is -2.33. The van der Waals surface area contributed by atoms with Crippen molar-refractivity contribution in [3.05, 3.63) is 41.2 Å². The molecular weight excluding hydrogens is 326 g/mol. The van der Waals surface area contributed by atoms with E-state index in [9.17, 15) is 5.11 Å². The lowest BCUT2D eigenvalue weighted by atomic mass is 9.90. The first kappa shape index (κ1) is 18.8. The Hall–Kier alpha value is -2.01. The molecule has 0 bridgehead atoms. The van der Waals surface area contributed by atoms with Crippen LogP contribution in [0.2, 0.25) is 0 Å². The highest BCUT2D eigenvalue weighted by molar-refractivity contribution is 5.45. The third kappa shape index (κ3) is 4.39. The van der Waals surface area contributed by atoms with Crippen LogP contribution in [0.15, 0.2) is 24.4 Å². The quantitative estimate of drug-likeness (QED) is 0.783. The number of nitrogens with one attached hydrogen (secondary N) is 1. The lowest BCUT2D eigenvalue weighted by molar-refractivity contribution is 0.195. The van der Waals surface area contributed by atoms with Gasteiger partial charge >= 0.3 is 0 Å².